The van der Waals surface area contributed by atoms with Gasteiger partial charge in [-0.25, -0.2) is 0 Å². The normalized spacial score (nSPS) is 12.6. The second kappa shape index (κ2) is 19.4. The van der Waals surface area contributed by atoms with Crippen molar-refractivity contribution in [2.45, 2.75) is 40.0 Å². The molecule has 4 aromatic carbocycles. The van der Waals surface area contributed by atoms with Crippen molar-refractivity contribution in [1.29, 1.82) is 0 Å². The number of benzene rings is 4. The van der Waals surface area contributed by atoms with Crippen molar-refractivity contribution in [2.24, 2.45) is 9.98 Å². The lowest BCUT2D eigenvalue weighted by molar-refractivity contribution is 1.01. The van der Waals surface area contributed by atoms with Gasteiger partial charge < -0.3 is 0 Å². The number of fused-ring (bicyclic) bond motifs is 3. The van der Waals surface area contributed by atoms with Crippen molar-refractivity contribution in [3.63, 3.8) is 0 Å². The first-order chi connectivity index (χ1) is 24.6. The van der Waals surface area contributed by atoms with Gasteiger partial charge in [-0.2, -0.15) is 0 Å². The summed E-state index contributed by atoms with van der Waals surface area (Å²) < 4.78 is 0. The highest BCUT2D eigenvalue weighted by atomic mass is 14.7. The minimum Gasteiger partial charge on any atom is -0.296 e. The molecule has 0 saturated heterocycles. The van der Waals surface area contributed by atoms with Gasteiger partial charge >= 0.3 is 0 Å². The van der Waals surface area contributed by atoms with Crippen LogP contribution in [0.25, 0.3) is 50.5 Å². The molecule has 1 aliphatic carbocycles. The summed E-state index contributed by atoms with van der Waals surface area (Å²) in [5.41, 5.74) is 11.6. The summed E-state index contributed by atoms with van der Waals surface area (Å²) >= 11 is 0. The van der Waals surface area contributed by atoms with Gasteiger partial charge in [0.25, 0.3) is 0 Å². The van der Waals surface area contributed by atoms with Crippen molar-refractivity contribution in [3.05, 3.63) is 169 Å². The van der Waals surface area contributed by atoms with Crippen molar-refractivity contribution in [2.75, 3.05) is 13.1 Å². The second-order valence-electron chi connectivity index (χ2n) is 11.6. The van der Waals surface area contributed by atoms with Gasteiger partial charge in [0.1, 0.15) is 0 Å². The number of pyridine rings is 1. The van der Waals surface area contributed by atoms with Gasteiger partial charge in [0.15, 0.2) is 0 Å². The SMILES string of the molecule is C=C/C(=C\CC)CN=C.C=Cc1c(C=C)c2ncccc2c2ccc(-c3cccc(C4=CC(CN=Cc5ccccc5)=CCC4)c3)cc12.CC. The molecule has 0 amide bonds. The molecule has 3 nitrogen and oxygen atoms in total. The van der Waals surface area contributed by atoms with Gasteiger partial charge in [-0.05, 0) is 99.5 Å². The van der Waals surface area contributed by atoms with Gasteiger partial charge in [0, 0.05) is 23.4 Å². The third-order valence-electron chi connectivity index (χ3n) is 8.44. The summed E-state index contributed by atoms with van der Waals surface area (Å²) in [6.07, 6.45) is 19.3. The molecular weight excluding hydrogens is 607 g/mol. The average molecular weight is 656 g/mol. The van der Waals surface area contributed by atoms with E-state index in [-0.39, 0.29) is 0 Å². The lowest BCUT2D eigenvalue weighted by atomic mass is 9.89. The average Bonchev–Trinajstić information content (AvgIpc) is 3.18. The van der Waals surface area contributed by atoms with E-state index in [1.807, 2.05) is 68.8 Å². The van der Waals surface area contributed by atoms with E-state index in [1.54, 1.807) is 0 Å². The van der Waals surface area contributed by atoms with Crippen molar-refractivity contribution >= 4 is 52.3 Å². The maximum atomic E-state index is 4.68. The molecule has 0 saturated carbocycles. The number of hydrogen-bond acceptors (Lipinski definition) is 3. The Morgan fingerprint density at radius 2 is 1.56 bits per heavy atom. The molecule has 0 spiro atoms. The van der Waals surface area contributed by atoms with Crippen LogP contribution in [0.2, 0.25) is 0 Å². The molecule has 0 atom stereocenters. The first-order valence-electron chi connectivity index (χ1n) is 17.5. The molecule has 0 unspecified atom stereocenters. The van der Waals surface area contributed by atoms with Gasteiger partial charge in [-0.1, -0.05) is 144 Å². The van der Waals surface area contributed by atoms with Crippen LogP contribution in [0.3, 0.4) is 0 Å². The Balaban J connectivity index is 0.000000447. The van der Waals surface area contributed by atoms with E-state index in [2.05, 4.69) is 127 Å². The van der Waals surface area contributed by atoms with Crippen molar-refractivity contribution in [1.82, 2.24) is 4.98 Å². The lowest BCUT2D eigenvalue weighted by Gasteiger charge is -2.16. The molecule has 0 bridgehead atoms. The second-order valence-corrected chi connectivity index (χ2v) is 11.6. The quantitative estimate of drug-likeness (QED) is 0.0792. The number of hydrogen-bond donors (Lipinski definition) is 0. The first kappa shape index (κ1) is 37.2. The number of rotatable bonds is 11. The molecule has 3 heteroatoms. The molecule has 1 aliphatic rings. The van der Waals surface area contributed by atoms with Gasteiger partial charge in [-0.15, -0.1) is 0 Å². The Hall–Kier alpha value is -5.67. The highest BCUT2D eigenvalue weighted by Crippen LogP contribution is 2.37. The van der Waals surface area contributed by atoms with Crippen LogP contribution in [0.4, 0.5) is 0 Å². The number of allylic oxidation sites excluding steroid dienone is 3. The van der Waals surface area contributed by atoms with Crippen LogP contribution in [0, 0.1) is 0 Å². The predicted octanol–water partition coefficient (Wildman–Crippen LogP) is 12.8. The standard InChI is InChI=1S/C37H30N2.C8H13N.C2H6/c1-3-32-33(4-2)37-35(17-10-20-39-37)34-19-18-31(23-36(32)34)30-16-9-15-29(22-30)28-14-8-13-27(21-28)25-38-24-26-11-6-5-7-12-26;1-4-6-8(5-2)7-9-3;1-2/h3-7,9-13,15-24H,1-2,8,14,25H2;5-6H,2-4,7H2,1H3;1-2H3/b;8-6+;. The van der Waals surface area contributed by atoms with Crippen molar-refractivity contribution in [3.8, 4) is 11.1 Å². The number of nitrogens with zero attached hydrogens (tertiary/aromatic N) is 3. The molecule has 1 heterocycles. The zero-order valence-electron chi connectivity index (χ0n) is 29.9. The molecule has 50 heavy (non-hydrogen) atoms. The summed E-state index contributed by atoms with van der Waals surface area (Å²) in [7, 11) is 0. The topological polar surface area (TPSA) is 37.6 Å². The molecular formula is C47H49N3. The molecule has 6 rings (SSSR count). The largest absolute Gasteiger partial charge is 0.296 e. The predicted molar refractivity (Wildman–Crippen MR) is 223 cm³/mol. The maximum absolute atomic E-state index is 4.68. The third kappa shape index (κ3) is 9.27. The highest BCUT2D eigenvalue weighted by molar-refractivity contribution is 6.14. The van der Waals surface area contributed by atoms with Gasteiger partial charge in [-0.3, -0.25) is 15.0 Å². The highest BCUT2D eigenvalue weighted by Gasteiger charge is 2.14. The molecule has 0 radical (unpaired) electrons. The van der Waals surface area contributed by atoms with E-state index in [1.165, 1.54) is 38.6 Å². The van der Waals surface area contributed by atoms with E-state index < -0.39 is 0 Å². The molecule has 1 aromatic heterocycles. The Kier molecular flexibility index (Phi) is 14.4. The van der Waals surface area contributed by atoms with Crippen LogP contribution in [0.5, 0.6) is 0 Å². The summed E-state index contributed by atoms with van der Waals surface area (Å²) in [5, 5.41) is 3.48. The fraction of sp³-hybridized carbons (Fsp3) is 0.170. The molecule has 5 aromatic rings. The van der Waals surface area contributed by atoms with E-state index in [0.29, 0.717) is 13.1 Å². The molecule has 0 fully saturated rings. The monoisotopic (exact) mass is 655 g/mol. The molecule has 0 N–H and O–H groups in total. The summed E-state index contributed by atoms with van der Waals surface area (Å²) in [4.78, 5) is 13.1. The minimum absolute atomic E-state index is 0.692. The maximum Gasteiger partial charge on any atom is 0.0786 e. The first-order valence-corrected chi connectivity index (χ1v) is 17.5. The number of aliphatic imine (C=N–C) groups is 2. The van der Waals surface area contributed by atoms with Crippen LogP contribution in [-0.4, -0.2) is 31.0 Å². The Labute approximate surface area is 299 Å². The van der Waals surface area contributed by atoms with E-state index >= 15 is 0 Å². The summed E-state index contributed by atoms with van der Waals surface area (Å²) in [5.74, 6) is 0. The van der Waals surface area contributed by atoms with Crippen LogP contribution in [-0.2, 0) is 0 Å². The third-order valence-corrected chi connectivity index (χ3v) is 8.44. The van der Waals surface area contributed by atoms with Crippen molar-refractivity contribution < 1.29 is 0 Å². The van der Waals surface area contributed by atoms with E-state index in [9.17, 15) is 0 Å². The van der Waals surface area contributed by atoms with Gasteiger partial charge in [0.05, 0.1) is 18.6 Å². The van der Waals surface area contributed by atoms with E-state index in [4.69, 9.17) is 0 Å². The Morgan fingerprint density at radius 3 is 2.28 bits per heavy atom. The lowest BCUT2D eigenvalue weighted by Crippen LogP contribution is -1.96. The summed E-state index contributed by atoms with van der Waals surface area (Å²) in [6, 6.07) is 30.0. The van der Waals surface area contributed by atoms with E-state index in [0.717, 1.165) is 52.4 Å². The molecule has 0 aliphatic heterocycles. The minimum atomic E-state index is 0.692. The van der Waals surface area contributed by atoms with Crippen LogP contribution in [0.1, 0.15) is 62.3 Å². The smallest absolute Gasteiger partial charge is 0.0786 e. The Bertz CT molecular complexity index is 2070. The Morgan fingerprint density at radius 1 is 0.800 bits per heavy atom. The number of aromatic nitrogens is 1. The van der Waals surface area contributed by atoms with Crippen LogP contribution >= 0.6 is 0 Å². The van der Waals surface area contributed by atoms with Crippen LogP contribution in [0.15, 0.2) is 156 Å². The summed E-state index contributed by atoms with van der Waals surface area (Å²) in [6.45, 7) is 22.7. The fourth-order valence-corrected chi connectivity index (χ4v) is 6.12. The molecule has 252 valence electrons. The van der Waals surface area contributed by atoms with Gasteiger partial charge in [0.2, 0.25) is 0 Å². The zero-order chi connectivity index (χ0) is 35.7. The zero-order valence-corrected chi connectivity index (χ0v) is 29.9. The van der Waals surface area contributed by atoms with Crippen LogP contribution < -0.4 is 0 Å². The fourth-order valence-electron chi connectivity index (χ4n) is 6.12.